The average Bonchev–Trinajstić information content (AvgIpc) is 3.34. The van der Waals surface area contributed by atoms with E-state index in [1.54, 1.807) is 6.07 Å². The molecule has 2 fully saturated rings. The van der Waals surface area contributed by atoms with Crippen LogP contribution >= 0.6 is 24.0 Å². The molecule has 1 spiro atoms. The predicted molar refractivity (Wildman–Crippen MR) is 112 cm³/mol. The van der Waals surface area contributed by atoms with Gasteiger partial charge in [0.25, 0.3) is 0 Å². The Balaban J connectivity index is 0.00000225. The van der Waals surface area contributed by atoms with Crippen molar-refractivity contribution in [1.82, 2.24) is 10.6 Å². The molecule has 0 radical (unpaired) electrons. The highest BCUT2D eigenvalue weighted by atomic mass is 35.5. The number of amides is 1. The number of nitrogens with one attached hydrogen (secondary N) is 2. The molecule has 1 aliphatic heterocycles. The molecule has 0 bridgehead atoms. The minimum absolute atomic E-state index is 0. The third-order valence-corrected chi connectivity index (χ3v) is 6.40. The Labute approximate surface area is 176 Å². The molecule has 2 atom stereocenters. The van der Waals surface area contributed by atoms with Gasteiger partial charge in [-0.25, -0.2) is 4.39 Å². The monoisotopic (exact) mass is 422 g/mol. The van der Waals surface area contributed by atoms with E-state index in [-0.39, 0.29) is 41.5 Å². The molecular formula is C22H25Cl2FN2O. The normalized spacial score (nSPS) is 20.9. The maximum atomic E-state index is 13.5. The molecule has 1 amide bonds. The van der Waals surface area contributed by atoms with Crippen LogP contribution in [-0.2, 0) is 4.79 Å². The van der Waals surface area contributed by atoms with Gasteiger partial charge in [-0.2, -0.15) is 0 Å². The standard InChI is InChI=1S/C22H24ClFN2O.ClH/c1-14-2-4-15(5-3-14)20(17-7-6-16(24)12-19(17)23)26-21(27)18-13-22(18)8-10-25-11-9-22;/h2-7,12,18,20,25H,8-11,13H2,1H3,(H,26,27);1H. The molecule has 4 rings (SSSR count). The van der Waals surface area contributed by atoms with Crippen molar-refractivity contribution in [2.24, 2.45) is 11.3 Å². The van der Waals surface area contributed by atoms with E-state index in [9.17, 15) is 9.18 Å². The van der Waals surface area contributed by atoms with Crippen LogP contribution in [0.1, 0.15) is 42.0 Å². The summed E-state index contributed by atoms with van der Waals surface area (Å²) in [4.78, 5) is 13.0. The Hall–Kier alpha value is -1.62. The molecule has 2 aliphatic rings. The van der Waals surface area contributed by atoms with Gasteiger partial charge in [0.1, 0.15) is 5.82 Å². The summed E-state index contributed by atoms with van der Waals surface area (Å²) in [6.45, 7) is 3.98. The molecule has 1 saturated heterocycles. The third-order valence-electron chi connectivity index (χ3n) is 6.08. The van der Waals surface area contributed by atoms with E-state index in [0.29, 0.717) is 5.02 Å². The molecule has 2 aromatic carbocycles. The number of halogens is 3. The fourth-order valence-corrected chi connectivity index (χ4v) is 4.55. The number of rotatable bonds is 4. The first-order valence-electron chi connectivity index (χ1n) is 9.51. The molecule has 150 valence electrons. The maximum Gasteiger partial charge on any atom is 0.224 e. The highest BCUT2D eigenvalue weighted by Gasteiger charge is 2.57. The lowest BCUT2D eigenvalue weighted by atomic mass is 9.91. The zero-order valence-corrected chi connectivity index (χ0v) is 17.4. The Morgan fingerprint density at radius 3 is 2.54 bits per heavy atom. The summed E-state index contributed by atoms with van der Waals surface area (Å²) >= 11 is 6.33. The van der Waals surface area contributed by atoms with Crippen LogP contribution < -0.4 is 10.6 Å². The first-order chi connectivity index (χ1) is 13.0. The van der Waals surface area contributed by atoms with Gasteiger partial charge in [-0.3, -0.25) is 4.79 Å². The highest BCUT2D eigenvalue weighted by molar-refractivity contribution is 6.31. The first-order valence-corrected chi connectivity index (χ1v) is 9.89. The number of benzene rings is 2. The van der Waals surface area contributed by atoms with Crippen molar-refractivity contribution >= 4 is 29.9 Å². The van der Waals surface area contributed by atoms with E-state index >= 15 is 0 Å². The highest BCUT2D eigenvalue weighted by Crippen LogP contribution is 2.58. The average molecular weight is 423 g/mol. The third kappa shape index (κ3) is 4.19. The Morgan fingerprint density at radius 2 is 1.89 bits per heavy atom. The van der Waals surface area contributed by atoms with Crippen LogP contribution in [0.4, 0.5) is 4.39 Å². The molecule has 2 aromatic rings. The molecule has 6 heteroatoms. The van der Waals surface area contributed by atoms with Crippen LogP contribution in [0.5, 0.6) is 0 Å². The quantitative estimate of drug-likeness (QED) is 0.742. The molecule has 1 saturated carbocycles. The second-order valence-electron chi connectivity index (χ2n) is 7.89. The van der Waals surface area contributed by atoms with Crippen LogP contribution in [0, 0.1) is 24.1 Å². The van der Waals surface area contributed by atoms with Gasteiger partial charge in [-0.05, 0) is 68.0 Å². The molecule has 3 nitrogen and oxygen atoms in total. The summed E-state index contributed by atoms with van der Waals surface area (Å²) in [5.41, 5.74) is 2.97. The predicted octanol–water partition coefficient (Wildman–Crippen LogP) is 4.80. The Kier molecular flexibility index (Phi) is 6.33. The van der Waals surface area contributed by atoms with E-state index in [4.69, 9.17) is 11.6 Å². The van der Waals surface area contributed by atoms with E-state index in [0.717, 1.165) is 49.0 Å². The van der Waals surface area contributed by atoms with Crippen LogP contribution in [0.2, 0.25) is 5.02 Å². The number of hydrogen-bond acceptors (Lipinski definition) is 2. The van der Waals surface area contributed by atoms with Crippen LogP contribution in [0.3, 0.4) is 0 Å². The molecule has 2 N–H and O–H groups in total. The number of piperidine rings is 1. The molecule has 1 aliphatic carbocycles. The molecule has 28 heavy (non-hydrogen) atoms. The summed E-state index contributed by atoms with van der Waals surface area (Å²) in [5, 5.41) is 6.89. The summed E-state index contributed by atoms with van der Waals surface area (Å²) < 4.78 is 13.5. The van der Waals surface area contributed by atoms with Gasteiger partial charge in [0.2, 0.25) is 5.91 Å². The van der Waals surface area contributed by atoms with Gasteiger partial charge in [0, 0.05) is 10.9 Å². The second kappa shape index (κ2) is 8.40. The minimum Gasteiger partial charge on any atom is -0.345 e. The fourth-order valence-electron chi connectivity index (χ4n) is 4.27. The smallest absolute Gasteiger partial charge is 0.224 e. The second-order valence-corrected chi connectivity index (χ2v) is 8.29. The number of hydrogen-bond donors (Lipinski definition) is 2. The van der Waals surface area contributed by atoms with Crippen LogP contribution in [-0.4, -0.2) is 19.0 Å². The summed E-state index contributed by atoms with van der Waals surface area (Å²) in [6, 6.07) is 12.0. The van der Waals surface area contributed by atoms with Crippen molar-refractivity contribution < 1.29 is 9.18 Å². The summed E-state index contributed by atoms with van der Waals surface area (Å²) in [7, 11) is 0. The zero-order chi connectivity index (χ0) is 19.0. The van der Waals surface area contributed by atoms with E-state index in [2.05, 4.69) is 10.6 Å². The molecule has 1 heterocycles. The van der Waals surface area contributed by atoms with Gasteiger partial charge < -0.3 is 10.6 Å². The lowest BCUT2D eigenvalue weighted by Gasteiger charge is -2.25. The topological polar surface area (TPSA) is 41.1 Å². The fraction of sp³-hybridized carbons (Fsp3) is 0.409. The van der Waals surface area contributed by atoms with Crippen molar-refractivity contribution in [2.75, 3.05) is 13.1 Å². The molecule has 0 aromatic heterocycles. The van der Waals surface area contributed by atoms with Crippen LogP contribution in [0.15, 0.2) is 42.5 Å². The molecule has 2 unspecified atom stereocenters. The number of carbonyl (C=O) groups excluding carboxylic acids is 1. The Bertz CT molecular complexity index is 850. The van der Waals surface area contributed by atoms with Crippen molar-refractivity contribution in [3.05, 3.63) is 70.0 Å². The zero-order valence-electron chi connectivity index (χ0n) is 15.8. The van der Waals surface area contributed by atoms with E-state index in [1.807, 2.05) is 31.2 Å². The lowest BCUT2D eigenvalue weighted by molar-refractivity contribution is -0.123. The van der Waals surface area contributed by atoms with Crippen molar-refractivity contribution in [2.45, 2.75) is 32.2 Å². The number of aryl methyl sites for hydroxylation is 1. The number of carbonyl (C=O) groups is 1. The largest absolute Gasteiger partial charge is 0.345 e. The maximum absolute atomic E-state index is 13.5. The van der Waals surface area contributed by atoms with Crippen LogP contribution in [0.25, 0.3) is 0 Å². The van der Waals surface area contributed by atoms with Gasteiger partial charge in [0.05, 0.1) is 6.04 Å². The van der Waals surface area contributed by atoms with Crippen molar-refractivity contribution in [3.63, 3.8) is 0 Å². The summed E-state index contributed by atoms with van der Waals surface area (Å²) in [6.07, 6.45) is 3.06. The van der Waals surface area contributed by atoms with E-state index < -0.39 is 0 Å². The molecular weight excluding hydrogens is 398 g/mol. The Morgan fingerprint density at radius 1 is 1.21 bits per heavy atom. The van der Waals surface area contributed by atoms with Crippen molar-refractivity contribution in [1.29, 1.82) is 0 Å². The van der Waals surface area contributed by atoms with Crippen molar-refractivity contribution in [3.8, 4) is 0 Å². The SMILES string of the molecule is Cc1ccc(C(NC(=O)C2CC23CCNCC3)c2ccc(F)cc2Cl)cc1.Cl. The summed E-state index contributed by atoms with van der Waals surface area (Å²) in [5.74, 6) is -0.247. The van der Waals surface area contributed by atoms with Gasteiger partial charge in [-0.1, -0.05) is 47.5 Å². The van der Waals surface area contributed by atoms with E-state index in [1.165, 1.54) is 12.1 Å². The van der Waals surface area contributed by atoms with Gasteiger partial charge in [0.15, 0.2) is 0 Å². The first kappa shape index (κ1) is 21.1. The minimum atomic E-state index is -0.384. The lowest BCUT2D eigenvalue weighted by Crippen LogP contribution is -2.35. The van der Waals surface area contributed by atoms with Gasteiger partial charge >= 0.3 is 0 Å². The van der Waals surface area contributed by atoms with Gasteiger partial charge in [-0.15, -0.1) is 12.4 Å².